The summed E-state index contributed by atoms with van der Waals surface area (Å²) in [6.45, 7) is 3.26. The highest BCUT2D eigenvalue weighted by atomic mass is 16.5. The molecule has 1 heterocycles. The van der Waals surface area contributed by atoms with Crippen LogP contribution in [0.3, 0.4) is 0 Å². The van der Waals surface area contributed by atoms with E-state index < -0.39 is 0 Å². The molecular weight excluding hydrogens is 222 g/mol. The monoisotopic (exact) mass is 239 g/mol. The Morgan fingerprint density at radius 2 is 1.89 bits per heavy atom. The molecule has 0 unspecified atom stereocenters. The first-order chi connectivity index (χ1) is 8.83. The molecular formula is C16H17NO. The summed E-state index contributed by atoms with van der Waals surface area (Å²) in [6, 6.07) is 16.7. The molecule has 0 saturated heterocycles. The standard InChI is InChI=1S/C16H17NO/c1-12-16-11-15(8-7-13(16)9-10-17-12)18-14-5-3-2-4-6-14/h2-8,11-12,17H,9-10H2,1H3/t12-/m1/s1. The smallest absolute Gasteiger partial charge is 0.127 e. The maximum atomic E-state index is 5.86. The number of fused-ring (bicyclic) bond motifs is 1. The molecule has 92 valence electrons. The first-order valence-electron chi connectivity index (χ1n) is 6.42. The van der Waals surface area contributed by atoms with E-state index in [0.717, 1.165) is 24.5 Å². The SMILES string of the molecule is C[C@H]1NCCc2ccc(Oc3ccccc3)cc21. The molecule has 0 spiro atoms. The molecule has 0 fully saturated rings. The van der Waals surface area contributed by atoms with E-state index >= 15 is 0 Å². The third-order valence-electron chi connectivity index (χ3n) is 3.41. The molecule has 2 heteroatoms. The number of nitrogens with one attached hydrogen (secondary N) is 1. The lowest BCUT2D eigenvalue weighted by atomic mass is 9.95. The van der Waals surface area contributed by atoms with Gasteiger partial charge in [-0.15, -0.1) is 0 Å². The van der Waals surface area contributed by atoms with Gasteiger partial charge in [0.05, 0.1) is 0 Å². The van der Waals surface area contributed by atoms with Crippen LogP contribution in [0.15, 0.2) is 48.5 Å². The van der Waals surface area contributed by atoms with Crippen LogP contribution in [0.5, 0.6) is 11.5 Å². The van der Waals surface area contributed by atoms with Crippen LogP contribution in [0.25, 0.3) is 0 Å². The quantitative estimate of drug-likeness (QED) is 0.863. The van der Waals surface area contributed by atoms with Crippen molar-refractivity contribution in [1.29, 1.82) is 0 Å². The molecule has 0 aromatic heterocycles. The maximum absolute atomic E-state index is 5.86. The Morgan fingerprint density at radius 3 is 2.72 bits per heavy atom. The van der Waals surface area contributed by atoms with Gasteiger partial charge in [0.2, 0.25) is 0 Å². The fourth-order valence-corrected chi connectivity index (χ4v) is 2.43. The van der Waals surface area contributed by atoms with E-state index in [1.807, 2.05) is 30.3 Å². The Bertz CT molecular complexity index is 536. The highest BCUT2D eigenvalue weighted by Gasteiger charge is 2.16. The van der Waals surface area contributed by atoms with Crippen molar-refractivity contribution < 1.29 is 4.74 Å². The van der Waals surface area contributed by atoms with Crippen LogP contribution in [0.4, 0.5) is 0 Å². The van der Waals surface area contributed by atoms with Gasteiger partial charge in [-0.1, -0.05) is 24.3 Å². The van der Waals surface area contributed by atoms with Crippen LogP contribution in [0, 0.1) is 0 Å². The Balaban J connectivity index is 1.88. The fraction of sp³-hybridized carbons (Fsp3) is 0.250. The van der Waals surface area contributed by atoms with Gasteiger partial charge in [-0.25, -0.2) is 0 Å². The van der Waals surface area contributed by atoms with Crippen LogP contribution < -0.4 is 10.1 Å². The van der Waals surface area contributed by atoms with Crippen LogP contribution in [-0.4, -0.2) is 6.54 Å². The first-order valence-corrected chi connectivity index (χ1v) is 6.42. The van der Waals surface area contributed by atoms with Gasteiger partial charge in [0.25, 0.3) is 0 Å². The van der Waals surface area contributed by atoms with Crippen molar-refractivity contribution in [3.63, 3.8) is 0 Å². The molecule has 3 rings (SSSR count). The molecule has 1 atom stereocenters. The van der Waals surface area contributed by atoms with Crippen LogP contribution in [0.1, 0.15) is 24.1 Å². The van der Waals surface area contributed by atoms with Gasteiger partial charge in [0.1, 0.15) is 11.5 Å². The lowest BCUT2D eigenvalue weighted by Gasteiger charge is -2.24. The number of para-hydroxylation sites is 1. The van der Waals surface area contributed by atoms with E-state index in [0.29, 0.717) is 6.04 Å². The molecule has 1 N–H and O–H groups in total. The number of hydrogen-bond acceptors (Lipinski definition) is 2. The van der Waals surface area contributed by atoms with Gasteiger partial charge in [-0.3, -0.25) is 0 Å². The second-order valence-corrected chi connectivity index (χ2v) is 4.70. The van der Waals surface area contributed by atoms with Gasteiger partial charge in [0.15, 0.2) is 0 Å². The van der Waals surface area contributed by atoms with Gasteiger partial charge in [-0.2, -0.15) is 0 Å². The third-order valence-corrected chi connectivity index (χ3v) is 3.41. The molecule has 1 aliphatic heterocycles. The van der Waals surface area contributed by atoms with Gasteiger partial charge in [-0.05, 0) is 55.3 Å². The van der Waals surface area contributed by atoms with Crippen molar-refractivity contribution in [3.8, 4) is 11.5 Å². The summed E-state index contributed by atoms with van der Waals surface area (Å²) in [7, 11) is 0. The minimum Gasteiger partial charge on any atom is -0.457 e. The first kappa shape index (κ1) is 11.3. The molecule has 1 aliphatic rings. The maximum Gasteiger partial charge on any atom is 0.127 e. The average molecular weight is 239 g/mol. The normalized spacial score (nSPS) is 18.2. The van der Waals surface area contributed by atoms with Crippen molar-refractivity contribution in [3.05, 3.63) is 59.7 Å². The van der Waals surface area contributed by atoms with Gasteiger partial charge in [0, 0.05) is 6.04 Å². The Kier molecular flexibility index (Phi) is 3.03. The molecule has 18 heavy (non-hydrogen) atoms. The average Bonchev–Trinajstić information content (AvgIpc) is 2.41. The molecule has 0 aliphatic carbocycles. The second kappa shape index (κ2) is 4.83. The van der Waals surface area contributed by atoms with Crippen molar-refractivity contribution in [2.24, 2.45) is 0 Å². The number of benzene rings is 2. The van der Waals surface area contributed by atoms with Crippen molar-refractivity contribution in [2.75, 3.05) is 6.54 Å². The fourth-order valence-electron chi connectivity index (χ4n) is 2.43. The highest BCUT2D eigenvalue weighted by Crippen LogP contribution is 2.29. The van der Waals surface area contributed by atoms with Crippen LogP contribution >= 0.6 is 0 Å². The predicted octanol–water partition coefficient (Wildman–Crippen LogP) is 3.69. The zero-order valence-corrected chi connectivity index (χ0v) is 10.5. The number of rotatable bonds is 2. The van der Waals surface area contributed by atoms with E-state index in [1.54, 1.807) is 0 Å². The minimum atomic E-state index is 0.410. The van der Waals surface area contributed by atoms with E-state index in [1.165, 1.54) is 11.1 Å². The molecule has 2 aromatic carbocycles. The molecule has 0 saturated carbocycles. The number of ether oxygens (including phenoxy) is 1. The Labute approximate surface area is 108 Å². The van der Waals surface area contributed by atoms with Crippen LogP contribution in [-0.2, 0) is 6.42 Å². The largest absolute Gasteiger partial charge is 0.457 e. The lowest BCUT2D eigenvalue weighted by Crippen LogP contribution is -2.27. The summed E-state index contributed by atoms with van der Waals surface area (Å²) >= 11 is 0. The van der Waals surface area contributed by atoms with E-state index in [9.17, 15) is 0 Å². The highest BCUT2D eigenvalue weighted by molar-refractivity contribution is 5.41. The van der Waals surface area contributed by atoms with Gasteiger partial charge < -0.3 is 10.1 Å². The minimum absolute atomic E-state index is 0.410. The van der Waals surface area contributed by atoms with Crippen molar-refractivity contribution in [1.82, 2.24) is 5.32 Å². The lowest BCUT2D eigenvalue weighted by molar-refractivity contribution is 0.476. The Hall–Kier alpha value is -1.80. The molecule has 0 amide bonds. The summed E-state index contributed by atoms with van der Waals surface area (Å²) in [5.74, 6) is 1.80. The second-order valence-electron chi connectivity index (χ2n) is 4.70. The predicted molar refractivity (Wildman–Crippen MR) is 73.1 cm³/mol. The summed E-state index contributed by atoms with van der Waals surface area (Å²) in [6.07, 6.45) is 1.10. The topological polar surface area (TPSA) is 21.3 Å². The third kappa shape index (κ3) is 2.24. The zero-order valence-electron chi connectivity index (χ0n) is 10.5. The van der Waals surface area contributed by atoms with Crippen molar-refractivity contribution in [2.45, 2.75) is 19.4 Å². The zero-order chi connectivity index (χ0) is 12.4. The molecule has 2 nitrogen and oxygen atoms in total. The Morgan fingerprint density at radius 1 is 1.06 bits per heavy atom. The molecule has 0 bridgehead atoms. The summed E-state index contributed by atoms with van der Waals surface area (Å²) in [4.78, 5) is 0. The van der Waals surface area contributed by atoms with Crippen LogP contribution in [0.2, 0.25) is 0 Å². The summed E-state index contributed by atoms with van der Waals surface area (Å²) < 4.78 is 5.86. The molecule has 0 radical (unpaired) electrons. The number of hydrogen-bond donors (Lipinski definition) is 1. The van der Waals surface area contributed by atoms with E-state index in [4.69, 9.17) is 4.74 Å². The molecule has 2 aromatic rings. The van der Waals surface area contributed by atoms with Gasteiger partial charge >= 0.3 is 0 Å². The summed E-state index contributed by atoms with van der Waals surface area (Å²) in [5.41, 5.74) is 2.79. The van der Waals surface area contributed by atoms with E-state index in [-0.39, 0.29) is 0 Å². The summed E-state index contributed by atoms with van der Waals surface area (Å²) in [5, 5.41) is 3.47. The van der Waals surface area contributed by atoms with Crippen molar-refractivity contribution >= 4 is 0 Å². The van der Waals surface area contributed by atoms with E-state index in [2.05, 4.69) is 30.4 Å².